The van der Waals surface area contributed by atoms with Gasteiger partial charge in [0.15, 0.2) is 6.61 Å². The molecular formula is C24H24N2O4. The van der Waals surface area contributed by atoms with Gasteiger partial charge in [-0.05, 0) is 41.3 Å². The highest BCUT2D eigenvalue weighted by atomic mass is 16.5. The lowest BCUT2D eigenvalue weighted by Gasteiger charge is -2.08. The summed E-state index contributed by atoms with van der Waals surface area (Å²) in [6.45, 7) is -0.160. The van der Waals surface area contributed by atoms with Gasteiger partial charge < -0.3 is 15.4 Å². The lowest BCUT2D eigenvalue weighted by atomic mass is 10.1. The monoisotopic (exact) mass is 404 g/mol. The predicted octanol–water partition coefficient (Wildman–Crippen LogP) is 2.86. The maximum atomic E-state index is 12.2. The minimum absolute atomic E-state index is 0.299. The average Bonchev–Trinajstić information content (AvgIpc) is 2.79. The zero-order valence-corrected chi connectivity index (χ0v) is 16.6. The number of aryl methyl sites for hydroxylation is 1. The number of esters is 1. The third-order valence-electron chi connectivity index (χ3n) is 4.58. The molecule has 0 aromatic heterocycles. The number of benzene rings is 3. The van der Waals surface area contributed by atoms with Gasteiger partial charge in [-0.15, -0.1) is 0 Å². The molecule has 0 fully saturated rings. The smallest absolute Gasteiger partial charge is 0.325 e. The van der Waals surface area contributed by atoms with Gasteiger partial charge in [0, 0.05) is 12.1 Å². The van der Waals surface area contributed by atoms with Crippen LogP contribution in [-0.4, -0.2) is 37.5 Å². The van der Waals surface area contributed by atoms with Gasteiger partial charge in [0.2, 0.25) is 0 Å². The summed E-state index contributed by atoms with van der Waals surface area (Å²) >= 11 is 0. The van der Waals surface area contributed by atoms with E-state index < -0.39 is 5.97 Å². The van der Waals surface area contributed by atoms with Gasteiger partial charge in [0.25, 0.3) is 11.8 Å². The molecule has 0 atom stereocenters. The topological polar surface area (TPSA) is 84.5 Å². The van der Waals surface area contributed by atoms with Crippen molar-refractivity contribution in [3.05, 3.63) is 83.9 Å². The fourth-order valence-corrected chi connectivity index (χ4v) is 3.00. The Bertz CT molecular complexity index is 1020. The molecule has 2 N–H and O–H groups in total. The molecule has 0 radical (unpaired) electrons. The van der Waals surface area contributed by atoms with Gasteiger partial charge >= 0.3 is 5.97 Å². The van der Waals surface area contributed by atoms with Crippen LogP contribution in [0.15, 0.2) is 72.8 Å². The molecule has 0 spiro atoms. The molecule has 0 unspecified atom stereocenters. The lowest BCUT2D eigenvalue weighted by molar-refractivity contribution is -0.147. The molecule has 154 valence electrons. The zero-order chi connectivity index (χ0) is 21.2. The van der Waals surface area contributed by atoms with E-state index in [1.54, 1.807) is 12.1 Å². The number of ether oxygens (including phenoxy) is 1. The number of rotatable bonds is 9. The minimum atomic E-state index is -0.663. The molecule has 0 saturated carbocycles. The highest BCUT2D eigenvalue weighted by molar-refractivity contribution is 5.99. The number of amides is 2. The van der Waals surface area contributed by atoms with Crippen LogP contribution in [0.5, 0.6) is 0 Å². The molecule has 0 aliphatic heterocycles. The maximum Gasteiger partial charge on any atom is 0.325 e. The van der Waals surface area contributed by atoms with E-state index in [0.717, 1.165) is 23.6 Å². The van der Waals surface area contributed by atoms with Crippen molar-refractivity contribution < 1.29 is 19.1 Å². The molecule has 3 aromatic carbocycles. The van der Waals surface area contributed by atoms with E-state index in [1.807, 2.05) is 60.7 Å². The SMILES string of the molecule is O=C(COC(=O)CNC(=O)c1ccc2ccccc2c1)NCCCc1ccccc1. The molecular weight excluding hydrogens is 380 g/mol. The van der Waals surface area contributed by atoms with Crippen LogP contribution in [-0.2, 0) is 20.7 Å². The Morgan fingerprint density at radius 2 is 1.53 bits per heavy atom. The Kier molecular flexibility index (Phi) is 7.55. The summed E-state index contributed by atoms with van der Waals surface area (Å²) in [7, 11) is 0. The second-order valence-electron chi connectivity index (χ2n) is 6.84. The standard InChI is InChI=1S/C24H24N2O4/c27-22(25-14-6-9-18-7-2-1-3-8-18)17-30-23(28)16-26-24(29)21-13-12-19-10-4-5-11-20(19)15-21/h1-5,7-8,10-13,15H,6,9,14,16-17H2,(H,25,27)(H,26,29). The molecule has 0 bridgehead atoms. The molecule has 0 aliphatic rings. The van der Waals surface area contributed by atoms with Crippen molar-refractivity contribution in [3.8, 4) is 0 Å². The highest BCUT2D eigenvalue weighted by Crippen LogP contribution is 2.15. The Balaban J connectivity index is 1.32. The third-order valence-corrected chi connectivity index (χ3v) is 4.58. The number of hydrogen-bond acceptors (Lipinski definition) is 4. The Hall–Kier alpha value is -3.67. The molecule has 3 aromatic rings. The quantitative estimate of drug-likeness (QED) is 0.424. The molecule has 0 saturated heterocycles. The zero-order valence-electron chi connectivity index (χ0n) is 16.6. The summed E-state index contributed by atoms with van der Waals surface area (Å²) in [5.41, 5.74) is 1.66. The number of carbonyl (C=O) groups is 3. The van der Waals surface area contributed by atoms with E-state index in [4.69, 9.17) is 4.74 Å². The van der Waals surface area contributed by atoms with Crippen molar-refractivity contribution in [2.45, 2.75) is 12.8 Å². The first-order valence-corrected chi connectivity index (χ1v) is 9.85. The van der Waals surface area contributed by atoms with Crippen LogP contribution in [0.25, 0.3) is 10.8 Å². The second kappa shape index (κ2) is 10.8. The minimum Gasteiger partial charge on any atom is -0.454 e. The van der Waals surface area contributed by atoms with Crippen molar-refractivity contribution in [2.24, 2.45) is 0 Å². The molecule has 6 heteroatoms. The highest BCUT2D eigenvalue weighted by Gasteiger charge is 2.11. The fourth-order valence-electron chi connectivity index (χ4n) is 3.00. The first-order valence-electron chi connectivity index (χ1n) is 9.85. The van der Waals surface area contributed by atoms with Crippen LogP contribution < -0.4 is 10.6 Å². The molecule has 0 aliphatic carbocycles. The summed E-state index contributed by atoms with van der Waals surface area (Å²) in [6.07, 6.45) is 1.66. The molecule has 3 rings (SSSR count). The number of carbonyl (C=O) groups excluding carboxylic acids is 3. The van der Waals surface area contributed by atoms with E-state index in [0.29, 0.717) is 12.1 Å². The molecule has 30 heavy (non-hydrogen) atoms. The molecule has 6 nitrogen and oxygen atoms in total. The third kappa shape index (κ3) is 6.44. The maximum absolute atomic E-state index is 12.2. The number of hydrogen-bond donors (Lipinski definition) is 2. The van der Waals surface area contributed by atoms with Gasteiger partial charge in [0.1, 0.15) is 6.54 Å². The van der Waals surface area contributed by atoms with E-state index in [2.05, 4.69) is 10.6 Å². The number of fused-ring (bicyclic) bond motifs is 1. The summed E-state index contributed by atoms with van der Waals surface area (Å²) in [5.74, 6) is -1.40. The largest absolute Gasteiger partial charge is 0.454 e. The van der Waals surface area contributed by atoms with Crippen LogP contribution >= 0.6 is 0 Å². The van der Waals surface area contributed by atoms with E-state index in [1.165, 1.54) is 5.56 Å². The van der Waals surface area contributed by atoms with Gasteiger partial charge in [-0.3, -0.25) is 14.4 Å². The number of nitrogens with one attached hydrogen (secondary N) is 2. The van der Waals surface area contributed by atoms with Crippen molar-refractivity contribution in [1.82, 2.24) is 10.6 Å². The Morgan fingerprint density at radius 3 is 2.33 bits per heavy atom. The summed E-state index contributed by atoms with van der Waals surface area (Å²) in [5, 5.41) is 7.20. The van der Waals surface area contributed by atoms with Crippen molar-refractivity contribution in [1.29, 1.82) is 0 Å². The first-order chi connectivity index (χ1) is 14.6. The summed E-state index contributed by atoms with van der Waals surface area (Å²) < 4.78 is 4.91. The normalized spacial score (nSPS) is 10.4. The van der Waals surface area contributed by atoms with E-state index >= 15 is 0 Å². The van der Waals surface area contributed by atoms with E-state index in [9.17, 15) is 14.4 Å². The predicted molar refractivity (Wildman–Crippen MR) is 115 cm³/mol. The lowest BCUT2D eigenvalue weighted by Crippen LogP contribution is -2.34. The second-order valence-corrected chi connectivity index (χ2v) is 6.84. The first kappa shape index (κ1) is 21.0. The van der Waals surface area contributed by atoms with Crippen LogP contribution in [0.1, 0.15) is 22.3 Å². The van der Waals surface area contributed by atoms with Crippen LogP contribution in [0, 0.1) is 0 Å². The van der Waals surface area contributed by atoms with Gasteiger partial charge in [-0.1, -0.05) is 60.7 Å². The van der Waals surface area contributed by atoms with Gasteiger partial charge in [0.05, 0.1) is 0 Å². The summed E-state index contributed by atoms with van der Waals surface area (Å²) in [4.78, 5) is 35.8. The van der Waals surface area contributed by atoms with E-state index in [-0.39, 0.29) is 25.0 Å². The van der Waals surface area contributed by atoms with Crippen LogP contribution in [0.3, 0.4) is 0 Å². The molecule has 2 amide bonds. The molecule has 0 heterocycles. The average molecular weight is 404 g/mol. The van der Waals surface area contributed by atoms with Crippen molar-refractivity contribution >= 4 is 28.6 Å². The van der Waals surface area contributed by atoms with Gasteiger partial charge in [-0.2, -0.15) is 0 Å². The van der Waals surface area contributed by atoms with Gasteiger partial charge in [-0.25, -0.2) is 0 Å². The van der Waals surface area contributed by atoms with Crippen LogP contribution in [0.4, 0.5) is 0 Å². The Morgan fingerprint density at radius 1 is 0.800 bits per heavy atom. The van der Waals surface area contributed by atoms with Crippen molar-refractivity contribution in [3.63, 3.8) is 0 Å². The fraction of sp³-hybridized carbons (Fsp3) is 0.208. The van der Waals surface area contributed by atoms with Crippen LogP contribution in [0.2, 0.25) is 0 Å². The summed E-state index contributed by atoms with van der Waals surface area (Å²) in [6, 6.07) is 23.0. The van der Waals surface area contributed by atoms with Crippen molar-refractivity contribution in [2.75, 3.05) is 19.7 Å². The Labute approximate surface area is 175 Å².